The minimum absolute atomic E-state index is 0. The normalized spacial score (nSPS) is 6.00. The molecule has 0 bridgehead atoms. The molecule has 0 spiro atoms. The van der Waals surface area contributed by atoms with Crippen LogP contribution in [0, 0.1) is 30.6 Å². The molecule has 0 aliphatic carbocycles. The van der Waals surface area contributed by atoms with E-state index in [4.69, 9.17) is 35.7 Å². The van der Waals surface area contributed by atoms with Crippen LogP contribution in [0.3, 0.4) is 0 Å². The number of rotatable bonds is 1. The van der Waals surface area contributed by atoms with Crippen molar-refractivity contribution in [3.63, 3.8) is 0 Å². The van der Waals surface area contributed by atoms with Crippen molar-refractivity contribution in [1.82, 2.24) is 0 Å². The van der Waals surface area contributed by atoms with Crippen LogP contribution in [-0.2, 0) is 0 Å². The van der Waals surface area contributed by atoms with Crippen molar-refractivity contribution >= 4 is 37.7 Å². The maximum absolute atomic E-state index is 8.25. The van der Waals surface area contributed by atoms with E-state index in [1.807, 2.05) is 6.92 Å². The zero-order valence-electron chi connectivity index (χ0n) is 6.91. The molecule has 0 saturated heterocycles. The standard InChI is InChI=1S/C3H8O.Ca.2NO3/c1-2-3-4;;2*2-1(3)4/h4H,2-3H2,1H3;;;/q;+2;2*-1. The molecule has 0 aromatic heterocycles. The Labute approximate surface area is 103 Å². The minimum Gasteiger partial charge on any atom is -0.396 e. The smallest absolute Gasteiger partial charge is 0.396 e. The van der Waals surface area contributed by atoms with Gasteiger partial charge in [0.15, 0.2) is 0 Å². The molecule has 13 heavy (non-hydrogen) atoms. The minimum atomic E-state index is -1.75. The molecule has 1 N–H and O–H groups in total. The first-order valence-electron chi connectivity index (χ1n) is 2.62. The molecule has 0 radical (unpaired) electrons. The number of nitrogens with zero attached hydrogens (tertiary/aromatic N) is 2. The van der Waals surface area contributed by atoms with E-state index >= 15 is 0 Å². The summed E-state index contributed by atoms with van der Waals surface area (Å²) < 4.78 is 0. The third-order valence-corrected chi connectivity index (χ3v) is 0.224. The Morgan fingerprint density at radius 2 is 1.15 bits per heavy atom. The monoisotopic (exact) mass is 224 g/mol. The van der Waals surface area contributed by atoms with Gasteiger partial charge in [-0.15, -0.1) is 0 Å². The molecule has 0 fully saturated rings. The van der Waals surface area contributed by atoms with Crippen LogP contribution in [0.5, 0.6) is 0 Å². The fraction of sp³-hybridized carbons (Fsp3) is 1.00. The van der Waals surface area contributed by atoms with Gasteiger partial charge in [0, 0.05) is 6.61 Å². The van der Waals surface area contributed by atoms with Crippen LogP contribution in [0.15, 0.2) is 0 Å². The maximum Gasteiger partial charge on any atom is 2.00 e. The Kier molecular flexibility index (Phi) is 39.8. The van der Waals surface area contributed by atoms with Crippen molar-refractivity contribution in [3.05, 3.63) is 30.6 Å². The third kappa shape index (κ3) is 2800. The summed E-state index contributed by atoms with van der Waals surface area (Å²) in [6.45, 7) is 2.25. The van der Waals surface area contributed by atoms with Crippen LogP contribution in [0.25, 0.3) is 0 Å². The first-order valence-corrected chi connectivity index (χ1v) is 2.62. The van der Waals surface area contributed by atoms with Gasteiger partial charge in [0.2, 0.25) is 0 Å². The second-order valence-electron chi connectivity index (χ2n) is 1.17. The van der Waals surface area contributed by atoms with E-state index < -0.39 is 10.2 Å². The molecule has 0 saturated carbocycles. The van der Waals surface area contributed by atoms with Crippen molar-refractivity contribution in [2.45, 2.75) is 13.3 Å². The molecule has 0 aliphatic heterocycles. The first-order chi connectivity index (χ1) is 5.38. The second kappa shape index (κ2) is 22.6. The van der Waals surface area contributed by atoms with Gasteiger partial charge in [-0.25, -0.2) is 0 Å². The average Bonchev–Trinajstić information content (AvgIpc) is 1.85. The van der Waals surface area contributed by atoms with Gasteiger partial charge in [0.25, 0.3) is 0 Å². The van der Waals surface area contributed by atoms with E-state index in [1.54, 1.807) is 0 Å². The van der Waals surface area contributed by atoms with Crippen molar-refractivity contribution in [3.8, 4) is 0 Å². The fourth-order valence-electron chi connectivity index (χ4n) is 0. The molecular formula is C3H8CaN2O7. The van der Waals surface area contributed by atoms with Crippen molar-refractivity contribution in [2.24, 2.45) is 0 Å². The Hall–Kier alpha value is -0.380. The predicted octanol–water partition coefficient (Wildman–Crippen LogP) is -0.470. The Morgan fingerprint density at radius 1 is 1.08 bits per heavy atom. The van der Waals surface area contributed by atoms with Gasteiger partial charge in [-0.3, -0.25) is 0 Å². The SMILES string of the molecule is CCCO.O=[N+]([O-])[O-].O=[N+]([O-])[O-].[Ca+2]. The molecule has 10 heteroatoms. The summed E-state index contributed by atoms with van der Waals surface area (Å²) in [7, 11) is 0. The van der Waals surface area contributed by atoms with E-state index in [1.165, 1.54) is 0 Å². The van der Waals surface area contributed by atoms with Gasteiger partial charge in [-0.05, 0) is 6.42 Å². The van der Waals surface area contributed by atoms with Crippen LogP contribution >= 0.6 is 0 Å². The van der Waals surface area contributed by atoms with E-state index in [9.17, 15) is 0 Å². The van der Waals surface area contributed by atoms with Gasteiger partial charge < -0.3 is 35.7 Å². The Balaban J connectivity index is -0.0000000450. The van der Waals surface area contributed by atoms with Crippen LogP contribution < -0.4 is 0 Å². The van der Waals surface area contributed by atoms with E-state index in [0.717, 1.165) is 6.42 Å². The quantitative estimate of drug-likeness (QED) is 0.358. The number of aliphatic hydroxyl groups is 1. The van der Waals surface area contributed by atoms with E-state index in [-0.39, 0.29) is 37.7 Å². The molecule has 0 amide bonds. The summed E-state index contributed by atoms with van der Waals surface area (Å²) in [5, 5.41) is 37.4. The molecule has 0 atom stereocenters. The van der Waals surface area contributed by atoms with Crippen molar-refractivity contribution in [1.29, 1.82) is 0 Å². The molecule has 9 nitrogen and oxygen atoms in total. The molecular weight excluding hydrogens is 216 g/mol. The molecule has 0 unspecified atom stereocenters. The van der Waals surface area contributed by atoms with Gasteiger partial charge in [0.05, 0.1) is 10.2 Å². The van der Waals surface area contributed by atoms with Crippen LogP contribution in [-0.4, -0.2) is 59.6 Å². The molecule has 0 heterocycles. The molecule has 74 valence electrons. The van der Waals surface area contributed by atoms with Crippen LogP contribution in [0.2, 0.25) is 0 Å². The van der Waals surface area contributed by atoms with Gasteiger partial charge in [-0.1, -0.05) is 6.92 Å². The number of hydrogen-bond acceptors (Lipinski definition) is 7. The second-order valence-corrected chi connectivity index (χ2v) is 1.17. The zero-order chi connectivity index (χ0) is 10.6. The maximum atomic E-state index is 8.25. The van der Waals surface area contributed by atoms with E-state index in [0.29, 0.717) is 6.61 Å². The largest absolute Gasteiger partial charge is 2.00 e. The Morgan fingerprint density at radius 3 is 1.15 bits per heavy atom. The van der Waals surface area contributed by atoms with E-state index in [2.05, 4.69) is 0 Å². The van der Waals surface area contributed by atoms with Crippen molar-refractivity contribution < 1.29 is 15.3 Å². The zero-order valence-corrected chi connectivity index (χ0v) is 9.12. The summed E-state index contributed by atoms with van der Waals surface area (Å²) in [6.07, 6.45) is 0.875. The van der Waals surface area contributed by atoms with Crippen molar-refractivity contribution in [2.75, 3.05) is 6.61 Å². The van der Waals surface area contributed by atoms with Gasteiger partial charge in [-0.2, -0.15) is 0 Å². The third-order valence-electron chi connectivity index (χ3n) is 0.224. The Bertz CT molecular complexity index is 98.3. The predicted molar refractivity (Wildman–Crippen MR) is 43.9 cm³/mol. The van der Waals surface area contributed by atoms with Gasteiger partial charge >= 0.3 is 37.7 Å². The molecule has 0 aromatic carbocycles. The molecule has 0 aromatic rings. The average molecular weight is 224 g/mol. The first kappa shape index (κ1) is 22.9. The summed E-state index contributed by atoms with van der Waals surface area (Å²) in [4.78, 5) is 16.5. The van der Waals surface area contributed by atoms with Crippen LogP contribution in [0.1, 0.15) is 13.3 Å². The summed E-state index contributed by atoms with van der Waals surface area (Å²) in [6, 6.07) is 0. The summed E-state index contributed by atoms with van der Waals surface area (Å²) in [5.74, 6) is 0. The molecule has 0 rings (SSSR count). The summed E-state index contributed by atoms with van der Waals surface area (Å²) in [5.41, 5.74) is 0. The topological polar surface area (TPSA) is 153 Å². The van der Waals surface area contributed by atoms with Gasteiger partial charge in [0.1, 0.15) is 0 Å². The number of hydrogen-bond donors (Lipinski definition) is 1. The number of aliphatic hydroxyl groups excluding tert-OH is 1. The van der Waals surface area contributed by atoms with Crippen LogP contribution in [0.4, 0.5) is 0 Å². The molecule has 0 aliphatic rings. The fourth-order valence-corrected chi connectivity index (χ4v) is 0. The summed E-state index contributed by atoms with van der Waals surface area (Å²) >= 11 is 0.